The highest BCUT2D eigenvalue weighted by atomic mass is 16.5. The zero-order valence-electron chi connectivity index (χ0n) is 9.45. The quantitative estimate of drug-likeness (QED) is 0.733. The fraction of sp³-hybridized carbons (Fsp3) is 0.583. The fourth-order valence-corrected chi connectivity index (χ4v) is 1.32. The van der Waals surface area contributed by atoms with Crippen molar-refractivity contribution in [1.29, 1.82) is 0 Å². The van der Waals surface area contributed by atoms with Crippen LogP contribution in [0.4, 0.5) is 0 Å². The zero-order chi connectivity index (χ0) is 10.6. The maximum absolute atomic E-state index is 5.68. The summed E-state index contributed by atoms with van der Waals surface area (Å²) in [6.45, 7) is 8.44. The molecule has 0 saturated carbocycles. The Morgan fingerprint density at radius 3 is 2.57 bits per heavy atom. The van der Waals surface area contributed by atoms with Gasteiger partial charge < -0.3 is 4.74 Å². The van der Waals surface area contributed by atoms with Crippen LogP contribution in [-0.2, 0) is 6.42 Å². The Hall–Kier alpha value is -1.05. The minimum atomic E-state index is 0.213. The molecule has 0 aromatic carbocycles. The third-order valence-corrected chi connectivity index (χ3v) is 1.81. The summed E-state index contributed by atoms with van der Waals surface area (Å²) in [7, 11) is 0. The fourth-order valence-electron chi connectivity index (χ4n) is 1.32. The van der Waals surface area contributed by atoms with Crippen LogP contribution in [0.25, 0.3) is 0 Å². The molecule has 0 saturated heterocycles. The van der Waals surface area contributed by atoms with Crippen LogP contribution in [0, 0.1) is 5.92 Å². The van der Waals surface area contributed by atoms with Gasteiger partial charge in [0.15, 0.2) is 0 Å². The Morgan fingerprint density at radius 2 is 2.00 bits per heavy atom. The molecule has 14 heavy (non-hydrogen) atoms. The molecule has 0 bridgehead atoms. The lowest BCUT2D eigenvalue weighted by Crippen LogP contribution is -2.09. The zero-order valence-corrected chi connectivity index (χ0v) is 9.45. The molecular weight excluding hydrogens is 174 g/mol. The molecule has 0 radical (unpaired) electrons. The highest BCUT2D eigenvalue weighted by molar-refractivity contribution is 5.27. The molecule has 78 valence electrons. The Bertz CT molecular complexity index is 252. The van der Waals surface area contributed by atoms with Gasteiger partial charge in [-0.1, -0.05) is 13.8 Å². The molecule has 0 unspecified atom stereocenters. The molecule has 1 rings (SSSR count). The van der Waals surface area contributed by atoms with E-state index < -0.39 is 0 Å². The Labute approximate surface area is 86.3 Å². The largest absolute Gasteiger partial charge is 0.489 e. The van der Waals surface area contributed by atoms with Gasteiger partial charge in [0.05, 0.1) is 11.8 Å². The van der Waals surface area contributed by atoms with Crippen molar-refractivity contribution in [2.75, 3.05) is 0 Å². The van der Waals surface area contributed by atoms with Crippen LogP contribution in [0.1, 0.15) is 33.4 Å². The normalized spacial score (nSPS) is 11.0. The van der Waals surface area contributed by atoms with Crippen LogP contribution >= 0.6 is 0 Å². The molecule has 0 aliphatic heterocycles. The maximum atomic E-state index is 5.68. The first-order valence-electron chi connectivity index (χ1n) is 5.20. The molecule has 0 aliphatic rings. The molecule has 0 atom stereocenters. The minimum Gasteiger partial charge on any atom is -0.489 e. The second-order valence-electron chi connectivity index (χ2n) is 4.21. The summed E-state index contributed by atoms with van der Waals surface area (Å²) in [5, 5.41) is 0. The van der Waals surface area contributed by atoms with E-state index in [1.165, 1.54) is 0 Å². The van der Waals surface area contributed by atoms with Crippen LogP contribution < -0.4 is 4.74 Å². The molecule has 0 amide bonds. The lowest BCUT2D eigenvalue weighted by atomic mass is 10.1. The van der Waals surface area contributed by atoms with E-state index in [4.69, 9.17) is 4.74 Å². The van der Waals surface area contributed by atoms with E-state index in [0.29, 0.717) is 5.92 Å². The minimum absolute atomic E-state index is 0.213. The van der Waals surface area contributed by atoms with Crippen molar-refractivity contribution >= 4 is 0 Å². The second kappa shape index (κ2) is 4.99. The molecule has 1 heterocycles. The summed E-state index contributed by atoms with van der Waals surface area (Å²) in [5.74, 6) is 1.54. The third-order valence-electron chi connectivity index (χ3n) is 1.81. The Morgan fingerprint density at radius 1 is 1.29 bits per heavy atom. The van der Waals surface area contributed by atoms with Crippen LogP contribution in [0.5, 0.6) is 5.75 Å². The summed E-state index contributed by atoms with van der Waals surface area (Å²) in [4.78, 5) is 4.35. The number of pyridine rings is 1. The molecule has 0 aliphatic carbocycles. The van der Waals surface area contributed by atoms with Gasteiger partial charge in [-0.05, 0) is 38.3 Å². The Kier molecular flexibility index (Phi) is 3.93. The van der Waals surface area contributed by atoms with Crippen molar-refractivity contribution in [2.45, 2.75) is 40.2 Å². The van der Waals surface area contributed by atoms with E-state index in [1.54, 1.807) is 0 Å². The number of rotatable bonds is 4. The topological polar surface area (TPSA) is 22.1 Å². The molecule has 0 fully saturated rings. The lowest BCUT2D eigenvalue weighted by molar-refractivity contribution is 0.238. The van der Waals surface area contributed by atoms with Gasteiger partial charge in [0, 0.05) is 6.20 Å². The molecule has 2 nitrogen and oxygen atoms in total. The predicted molar refractivity (Wildman–Crippen MR) is 58.5 cm³/mol. The van der Waals surface area contributed by atoms with E-state index in [0.717, 1.165) is 17.9 Å². The van der Waals surface area contributed by atoms with Crippen molar-refractivity contribution in [2.24, 2.45) is 5.92 Å². The molecule has 1 aromatic rings. The van der Waals surface area contributed by atoms with Crippen LogP contribution in [0.3, 0.4) is 0 Å². The monoisotopic (exact) mass is 193 g/mol. The lowest BCUT2D eigenvalue weighted by Gasteiger charge is -2.14. The molecular formula is C12H19NO. The number of aromatic nitrogens is 1. The third kappa shape index (κ3) is 3.36. The van der Waals surface area contributed by atoms with Crippen molar-refractivity contribution in [3.63, 3.8) is 0 Å². The van der Waals surface area contributed by atoms with Gasteiger partial charge in [-0.3, -0.25) is 4.98 Å². The van der Waals surface area contributed by atoms with Gasteiger partial charge in [-0.25, -0.2) is 0 Å². The van der Waals surface area contributed by atoms with E-state index in [9.17, 15) is 0 Å². The van der Waals surface area contributed by atoms with Crippen molar-refractivity contribution in [3.8, 4) is 5.75 Å². The first-order valence-corrected chi connectivity index (χ1v) is 5.20. The highest BCUT2D eigenvalue weighted by Gasteiger charge is 2.07. The van der Waals surface area contributed by atoms with Crippen LogP contribution in [-0.4, -0.2) is 11.1 Å². The maximum Gasteiger partial charge on any atom is 0.141 e. The molecule has 2 heteroatoms. The van der Waals surface area contributed by atoms with Gasteiger partial charge in [-0.15, -0.1) is 0 Å². The summed E-state index contributed by atoms with van der Waals surface area (Å²) in [6.07, 6.45) is 3.01. The van der Waals surface area contributed by atoms with Crippen molar-refractivity contribution in [1.82, 2.24) is 4.98 Å². The molecule has 0 N–H and O–H groups in total. The van der Waals surface area contributed by atoms with Crippen LogP contribution in [0.2, 0.25) is 0 Å². The number of ether oxygens (including phenoxy) is 1. The van der Waals surface area contributed by atoms with Gasteiger partial charge in [-0.2, -0.15) is 0 Å². The first-order chi connectivity index (χ1) is 6.59. The second-order valence-corrected chi connectivity index (χ2v) is 4.21. The predicted octanol–water partition coefficient (Wildman–Crippen LogP) is 3.07. The summed E-state index contributed by atoms with van der Waals surface area (Å²) in [6, 6.07) is 3.91. The van der Waals surface area contributed by atoms with Crippen molar-refractivity contribution in [3.05, 3.63) is 24.0 Å². The van der Waals surface area contributed by atoms with Gasteiger partial charge >= 0.3 is 0 Å². The van der Waals surface area contributed by atoms with Gasteiger partial charge in [0.2, 0.25) is 0 Å². The van der Waals surface area contributed by atoms with Crippen LogP contribution in [0.15, 0.2) is 18.3 Å². The summed E-state index contributed by atoms with van der Waals surface area (Å²) >= 11 is 0. The number of hydrogen-bond acceptors (Lipinski definition) is 2. The van der Waals surface area contributed by atoms with Gasteiger partial charge in [0.25, 0.3) is 0 Å². The number of nitrogens with zero attached hydrogens (tertiary/aromatic N) is 1. The summed E-state index contributed by atoms with van der Waals surface area (Å²) < 4.78 is 5.68. The highest BCUT2D eigenvalue weighted by Crippen LogP contribution is 2.19. The average molecular weight is 193 g/mol. The van der Waals surface area contributed by atoms with E-state index in [1.807, 2.05) is 32.2 Å². The van der Waals surface area contributed by atoms with E-state index >= 15 is 0 Å². The average Bonchev–Trinajstić information content (AvgIpc) is 2.06. The SMILES string of the molecule is CC(C)Cc1ncccc1OC(C)C. The number of hydrogen-bond donors (Lipinski definition) is 0. The smallest absolute Gasteiger partial charge is 0.141 e. The van der Waals surface area contributed by atoms with E-state index in [2.05, 4.69) is 18.8 Å². The van der Waals surface area contributed by atoms with Gasteiger partial charge in [0.1, 0.15) is 5.75 Å². The van der Waals surface area contributed by atoms with Crippen molar-refractivity contribution < 1.29 is 4.74 Å². The molecule has 0 spiro atoms. The summed E-state index contributed by atoms with van der Waals surface area (Å²) in [5.41, 5.74) is 1.07. The Balaban J connectivity index is 2.80. The van der Waals surface area contributed by atoms with E-state index in [-0.39, 0.29) is 6.10 Å². The molecule has 1 aromatic heterocycles. The first kappa shape index (κ1) is 11.0. The standard InChI is InChI=1S/C12H19NO/c1-9(2)8-11-12(14-10(3)4)6-5-7-13-11/h5-7,9-10H,8H2,1-4H3.